The highest BCUT2D eigenvalue weighted by Gasteiger charge is 2.37. The van der Waals surface area contributed by atoms with Gasteiger partial charge < -0.3 is 10.4 Å². The molecule has 0 radical (unpaired) electrons. The zero-order valence-corrected chi connectivity index (χ0v) is 9.49. The maximum Gasteiger partial charge on any atom is 0.415 e. The third-order valence-electron chi connectivity index (χ3n) is 2.01. The van der Waals surface area contributed by atoms with Crippen LogP contribution >= 0.6 is 0 Å². The lowest BCUT2D eigenvalue weighted by Crippen LogP contribution is -2.39. The highest BCUT2D eigenvalue weighted by Crippen LogP contribution is 2.19. The van der Waals surface area contributed by atoms with E-state index in [2.05, 4.69) is 5.32 Å². The second kappa shape index (κ2) is 6.44. The van der Waals surface area contributed by atoms with Crippen molar-refractivity contribution in [2.45, 2.75) is 30.9 Å². The number of hydrogen-bond acceptors (Lipinski definition) is 3. The lowest BCUT2D eigenvalue weighted by molar-refractivity contribution is -0.201. The van der Waals surface area contributed by atoms with Crippen LogP contribution in [0.25, 0.3) is 0 Å². The standard InChI is InChI=1S/C8H16F3NO2S/c1-6(15(2)14)3-4-12-5-7(13)8(9,10)11/h6-7,12-13H,3-5H2,1-2H3. The number of alkyl halides is 3. The largest absolute Gasteiger partial charge is 0.415 e. The molecule has 0 spiro atoms. The van der Waals surface area contributed by atoms with E-state index in [1.807, 2.05) is 0 Å². The first-order valence-corrected chi connectivity index (χ1v) is 6.15. The molecule has 0 saturated carbocycles. The molecule has 0 saturated heterocycles. The summed E-state index contributed by atoms with van der Waals surface area (Å²) in [7, 11) is -0.966. The van der Waals surface area contributed by atoms with Crippen molar-refractivity contribution in [3.8, 4) is 0 Å². The lowest BCUT2D eigenvalue weighted by atomic mass is 10.3. The summed E-state index contributed by atoms with van der Waals surface area (Å²) in [5.41, 5.74) is 0. The van der Waals surface area contributed by atoms with Crippen LogP contribution in [0.2, 0.25) is 0 Å². The molecule has 0 bridgehead atoms. The van der Waals surface area contributed by atoms with Gasteiger partial charge in [-0.3, -0.25) is 4.21 Å². The minimum absolute atomic E-state index is 0.0551. The van der Waals surface area contributed by atoms with Crippen LogP contribution in [-0.4, -0.2) is 46.2 Å². The number of aliphatic hydroxyl groups is 1. The molecule has 0 aromatic heterocycles. The molecule has 3 atom stereocenters. The Morgan fingerprint density at radius 2 is 2.00 bits per heavy atom. The fourth-order valence-electron chi connectivity index (χ4n) is 0.826. The zero-order chi connectivity index (χ0) is 12.1. The molecule has 3 nitrogen and oxygen atoms in total. The van der Waals surface area contributed by atoms with Crippen molar-refractivity contribution in [3.05, 3.63) is 0 Å². The summed E-state index contributed by atoms with van der Waals surface area (Å²) < 4.78 is 46.4. The Hall–Kier alpha value is -0.140. The maximum absolute atomic E-state index is 11.8. The monoisotopic (exact) mass is 247 g/mol. The van der Waals surface area contributed by atoms with Crippen LogP contribution in [-0.2, 0) is 10.8 Å². The highest BCUT2D eigenvalue weighted by atomic mass is 32.2. The summed E-state index contributed by atoms with van der Waals surface area (Å²) in [4.78, 5) is 0. The first-order chi connectivity index (χ1) is 6.75. The second-order valence-electron chi connectivity index (χ2n) is 3.36. The normalized spacial score (nSPS) is 18.5. The Morgan fingerprint density at radius 3 is 2.40 bits per heavy atom. The average molecular weight is 247 g/mol. The third kappa shape index (κ3) is 6.86. The van der Waals surface area contributed by atoms with Gasteiger partial charge >= 0.3 is 6.18 Å². The Kier molecular flexibility index (Phi) is 6.38. The molecule has 92 valence electrons. The summed E-state index contributed by atoms with van der Waals surface area (Å²) in [6.45, 7) is 1.55. The molecule has 0 fully saturated rings. The quantitative estimate of drug-likeness (QED) is 0.678. The van der Waals surface area contributed by atoms with Crippen LogP contribution in [0.5, 0.6) is 0 Å². The van der Waals surface area contributed by atoms with E-state index < -0.39 is 29.6 Å². The number of rotatable bonds is 6. The lowest BCUT2D eigenvalue weighted by Gasteiger charge is -2.15. The Balaban J connectivity index is 3.59. The molecule has 0 aliphatic carbocycles. The third-order valence-corrected chi connectivity index (χ3v) is 3.38. The SMILES string of the molecule is CC(CCNCC(O)C(F)(F)F)S(C)=O. The van der Waals surface area contributed by atoms with Crippen molar-refractivity contribution in [3.63, 3.8) is 0 Å². The molecule has 0 aromatic rings. The first-order valence-electron chi connectivity index (χ1n) is 4.53. The van der Waals surface area contributed by atoms with Crippen molar-refractivity contribution in [1.29, 1.82) is 0 Å². The van der Waals surface area contributed by atoms with Gasteiger partial charge in [-0.15, -0.1) is 0 Å². The Labute approximate surface area is 89.5 Å². The van der Waals surface area contributed by atoms with E-state index in [1.165, 1.54) is 0 Å². The van der Waals surface area contributed by atoms with Crippen LogP contribution in [0.4, 0.5) is 13.2 Å². The molecule has 7 heteroatoms. The molecular weight excluding hydrogens is 231 g/mol. The smallest absolute Gasteiger partial charge is 0.382 e. The van der Waals surface area contributed by atoms with Crippen molar-refractivity contribution in [2.75, 3.05) is 19.3 Å². The van der Waals surface area contributed by atoms with E-state index in [1.54, 1.807) is 13.2 Å². The molecular formula is C8H16F3NO2S. The van der Waals surface area contributed by atoms with Gasteiger partial charge in [0.1, 0.15) is 0 Å². The molecule has 3 unspecified atom stereocenters. The molecule has 0 aliphatic heterocycles. The van der Waals surface area contributed by atoms with Crippen molar-refractivity contribution >= 4 is 10.8 Å². The van der Waals surface area contributed by atoms with E-state index in [-0.39, 0.29) is 5.25 Å². The number of nitrogens with one attached hydrogen (secondary N) is 1. The van der Waals surface area contributed by atoms with Gasteiger partial charge in [-0.25, -0.2) is 0 Å². The minimum atomic E-state index is -4.58. The maximum atomic E-state index is 11.8. The molecule has 2 N–H and O–H groups in total. The zero-order valence-electron chi connectivity index (χ0n) is 8.67. The minimum Gasteiger partial charge on any atom is -0.382 e. The molecule has 0 aliphatic rings. The van der Waals surface area contributed by atoms with E-state index in [4.69, 9.17) is 5.11 Å². The van der Waals surface area contributed by atoms with Crippen LogP contribution in [0.15, 0.2) is 0 Å². The first kappa shape index (κ1) is 14.9. The van der Waals surface area contributed by atoms with Crippen LogP contribution in [0.3, 0.4) is 0 Å². The van der Waals surface area contributed by atoms with Crippen molar-refractivity contribution < 1.29 is 22.5 Å². The summed E-state index contributed by atoms with van der Waals surface area (Å²) in [5, 5.41) is 11.0. The predicted octanol–water partition coefficient (Wildman–Crippen LogP) is 0.656. The Bertz CT molecular complexity index is 211. The van der Waals surface area contributed by atoms with Crippen LogP contribution in [0, 0.1) is 0 Å². The molecule has 0 rings (SSSR count). The van der Waals surface area contributed by atoms with Gasteiger partial charge in [0.25, 0.3) is 0 Å². The number of halogens is 3. The van der Waals surface area contributed by atoms with E-state index in [0.29, 0.717) is 13.0 Å². The van der Waals surface area contributed by atoms with Gasteiger partial charge in [0.2, 0.25) is 0 Å². The molecule has 15 heavy (non-hydrogen) atoms. The van der Waals surface area contributed by atoms with Crippen LogP contribution < -0.4 is 5.32 Å². The number of aliphatic hydroxyl groups excluding tert-OH is 1. The average Bonchev–Trinajstić information content (AvgIpc) is 2.09. The highest BCUT2D eigenvalue weighted by molar-refractivity contribution is 7.84. The van der Waals surface area contributed by atoms with E-state index in [0.717, 1.165) is 0 Å². The molecule has 0 heterocycles. The summed E-state index contributed by atoms with van der Waals surface area (Å²) >= 11 is 0. The van der Waals surface area contributed by atoms with E-state index in [9.17, 15) is 17.4 Å². The van der Waals surface area contributed by atoms with Gasteiger partial charge in [-0.2, -0.15) is 13.2 Å². The molecule has 0 amide bonds. The van der Waals surface area contributed by atoms with Gasteiger partial charge in [0, 0.05) is 28.9 Å². The van der Waals surface area contributed by atoms with Gasteiger partial charge in [0.05, 0.1) is 0 Å². The van der Waals surface area contributed by atoms with E-state index >= 15 is 0 Å². The van der Waals surface area contributed by atoms with Crippen molar-refractivity contribution in [1.82, 2.24) is 5.32 Å². The molecule has 0 aromatic carbocycles. The summed E-state index contributed by atoms with van der Waals surface area (Å²) in [6.07, 6.45) is -4.84. The fraction of sp³-hybridized carbons (Fsp3) is 1.00. The van der Waals surface area contributed by atoms with Crippen molar-refractivity contribution in [2.24, 2.45) is 0 Å². The van der Waals surface area contributed by atoms with Gasteiger partial charge in [-0.05, 0) is 13.0 Å². The van der Waals surface area contributed by atoms with Crippen LogP contribution in [0.1, 0.15) is 13.3 Å². The topological polar surface area (TPSA) is 49.3 Å². The number of hydrogen-bond donors (Lipinski definition) is 2. The van der Waals surface area contributed by atoms with Gasteiger partial charge in [0.15, 0.2) is 6.10 Å². The van der Waals surface area contributed by atoms with Gasteiger partial charge in [-0.1, -0.05) is 6.92 Å². The predicted molar refractivity (Wildman–Crippen MR) is 53.1 cm³/mol. The Morgan fingerprint density at radius 1 is 1.47 bits per heavy atom. The summed E-state index contributed by atoms with van der Waals surface area (Å²) in [5.74, 6) is 0. The summed E-state index contributed by atoms with van der Waals surface area (Å²) in [6, 6.07) is 0. The second-order valence-corrected chi connectivity index (χ2v) is 5.16. The fourth-order valence-corrected chi connectivity index (χ4v) is 1.28.